The number of hydrogen-bond acceptors (Lipinski definition) is 3. The van der Waals surface area contributed by atoms with Crippen molar-refractivity contribution in [2.24, 2.45) is 17.6 Å². The van der Waals surface area contributed by atoms with Gasteiger partial charge in [0.05, 0.1) is 6.61 Å². The van der Waals surface area contributed by atoms with Gasteiger partial charge in [-0.25, -0.2) is 0 Å². The molecule has 3 rings (SSSR count). The van der Waals surface area contributed by atoms with Gasteiger partial charge in [-0.1, -0.05) is 18.0 Å². The minimum atomic E-state index is 0.430. The van der Waals surface area contributed by atoms with Crippen molar-refractivity contribution < 1.29 is 4.74 Å². The second-order valence-electron chi connectivity index (χ2n) is 6.43. The average molecular weight is 309 g/mol. The smallest absolute Gasteiger partial charge is 0.119 e. The monoisotopic (exact) mass is 308 g/mol. The van der Waals surface area contributed by atoms with E-state index in [0.717, 1.165) is 42.2 Å². The molecule has 1 aliphatic heterocycles. The molecule has 4 heteroatoms. The Bertz CT molecular complexity index is 451. The van der Waals surface area contributed by atoms with Gasteiger partial charge in [-0.2, -0.15) is 0 Å². The van der Waals surface area contributed by atoms with Crippen molar-refractivity contribution in [3.8, 4) is 5.75 Å². The Balaban J connectivity index is 1.37. The van der Waals surface area contributed by atoms with E-state index in [1.807, 2.05) is 24.3 Å². The maximum atomic E-state index is 6.26. The zero-order chi connectivity index (χ0) is 14.7. The number of hydrogen-bond donors (Lipinski definition) is 1. The molecule has 2 N–H and O–H groups in total. The van der Waals surface area contributed by atoms with Crippen molar-refractivity contribution in [2.75, 3.05) is 26.2 Å². The molecule has 1 saturated heterocycles. The van der Waals surface area contributed by atoms with Crippen molar-refractivity contribution in [1.82, 2.24) is 4.90 Å². The van der Waals surface area contributed by atoms with Crippen LogP contribution < -0.4 is 10.5 Å². The third-order valence-electron chi connectivity index (χ3n) is 4.93. The molecule has 0 aromatic heterocycles. The van der Waals surface area contributed by atoms with Crippen molar-refractivity contribution in [3.05, 3.63) is 29.3 Å². The van der Waals surface area contributed by atoms with Crippen LogP contribution in [0.2, 0.25) is 5.02 Å². The first-order valence-electron chi connectivity index (χ1n) is 8.08. The summed E-state index contributed by atoms with van der Waals surface area (Å²) in [6.07, 6.45) is 4.97. The van der Waals surface area contributed by atoms with Crippen LogP contribution in [-0.4, -0.2) is 37.2 Å². The molecule has 3 atom stereocenters. The molecule has 1 heterocycles. The normalized spacial score (nSPS) is 29.3. The Morgan fingerprint density at radius 1 is 1.19 bits per heavy atom. The highest BCUT2D eigenvalue weighted by Gasteiger charge is 2.38. The van der Waals surface area contributed by atoms with Gasteiger partial charge in [0, 0.05) is 30.7 Å². The zero-order valence-electron chi connectivity index (χ0n) is 12.5. The summed E-state index contributed by atoms with van der Waals surface area (Å²) in [5.74, 6) is 2.47. The molecule has 1 saturated carbocycles. The first-order chi connectivity index (χ1) is 10.2. The predicted molar refractivity (Wildman–Crippen MR) is 86.8 cm³/mol. The molecular weight excluding hydrogens is 284 g/mol. The van der Waals surface area contributed by atoms with E-state index in [4.69, 9.17) is 22.1 Å². The van der Waals surface area contributed by atoms with Gasteiger partial charge >= 0.3 is 0 Å². The molecule has 1 aliphatic carbocycles. The molecule has 2 fully saturated rings. The lowest BCUT2D eigenvalue weighted by Gasteiger charge is -2.29. The predicted octanol–water partition coefficient (Wildman–Crippen LogP) is 3.17. The lowest BCUT2D eigenvalue weighted by atomic mass is 9.78. The third-order valence-corrected chi connectivity index (χ3v) is 5.18. The highest BCUT2D eigenvalue weighted by molar-refractivity contribution is 6.30. The minimum Gasteiger partial charge on any atom is -0.494 e. The molecule has 0 amide bonds. The van der Waals surface area contributed by atoms with E-state index < -0.39 is 0 Å². The van der Waals surface area contributed by atoms with Crippen LogP contribution in [0.5, 0.6) is 5.75 Å². The van der Waals surface area contributed by atoms with Crippen molar-refractivity contribution in [1.29, 1.82) is 0 Å². The van der Waals surface area contributed by atoms with Crippen LogP contribution in [0.1, 0.15) is 25.7 Å². The summed E-state index contributed by atoms with van der Waals surface area (Å²) >= 11 is 5.86. The summed E-state index contributed by atoms with van der Waals surface area (Å²) in [7, 11) is 0. The van der Waals surface area contributed by atoms with E-state index >= 15 is 0 Å². The van der Waals surface area contributed by atoms with Crippen LogP contribution in [0.4, 0.5) is 0 Å². The van der Waals surface area contributed by atoms with E-state index in [-0.39, 0.29) is 0 Å². The summed E-state index contributed by atoms with van der Waals surface area (Å²) in [5, 5.41) is 0.748. The maximum Gasteiger partial charge on any atom is 0.119 e. The highest BCUT2D eigenvalue weighted by atomic mass is 35.5. The van der Waals surface area contributed by atoms with E-state index in [2.05, 4.69) is 4.90 Å². The average Bonchev–Trinajstić information content (AvgIpc) is 2.90. The molecule has 0 spiro atoms. The quantitative estimate of drug-likeness (QED) is 0.849. The lowest BCUT2D eigenvalue weighted by Crippen LogP contribution is -2.38. The second-order valence-corrected chi connectivity index (χ2v) is 6.87. The van der Waals surface area contributed by atoms with Crippen LogP contribution >= 0.6 is 11.6 Å². The standard InChI is InChI=1S/C17H25ClN2O/c18-14-5-7-15(8-6-14)21-10-2-9-20-11-13-3-1-4-17(19)16(13)12-20/h5-8,13,16-17H,1-4,9-12,19H2. The van der Waals surface area contributed by atoms with Gasteiger partial charge in [0.15, 0.2) is 0 Å². The van der Waals surface area contributed by atoms with Crippen molar-refractivity contribution in [2.45, 2.75) is 31.7 Å². The molecule has 3 nitrogen and oxygen atoms in total. The molecule has 3 unspecified atom stereocenters. The Kier molecular flexibility index (Phi) is 5.04. The largest absolute Gasteiger partial charge is 0.494 e. The first kappa shape index (κ1) is 15.1. The Hall–Kier alpha value is -0.770. The van der Waals surface area contributed by atoms with Gasteiger partial charge in [-0.05, 0) is 55.4 Å². The zero-order valence-corrected chi connectivity index (χ0v) is 13.3. The minimum absolute atomic E-state index is 0.430. The number of nitrogens with two attached hydrogens (primary N) is 1. The van der Waals surface area contributed by atoms with Gasteiger partial charge < -0.3 is 15.4 Å². The highest BCUT2D eigenvalue weighted by Crippen LogP contribution is 2.35. The molecule has 1 aromatic rings. The lowest BCUT2D eigenvalue weighted by molar-refractivity contribution is 0.253. The van der Waals surface area contributed by atoms with Crippen LogP contribution in [-0.2, 0) is 0 Å². The fraction of sp³-hybridized carbons (Fsp3) is 0.647. The van der Waals surface area contributed by atoms with Crippen LogP contribution in [0, 0.1) is 11.8 Å². The summed E-state index contributed by atoms with van der Waals surface area (Å²) in [5.41, 5.74) is 6.26. The molecule has 0 radical (unpaired) electrons. The van der Waals surface area contributed by atoms with Gasteiger partial charge in [0.1, 0.15) is 5.75 Å². The summed E-state index contributed by atoms with van der Waals surface area (Å²) < 4.78 is 5.75. The number of halogens is 1. The Labute approximate surface area is 132 Å². The van der Waals surface area contributed by atoms with E-state index in [9.17, 15) is 0 Å². The number of ether oxygens (including phenoxy) is 1. The third kappa shape index (κ3) is 3.91. The topological polar surface area (TPSA) is 38.5 Å². The first-order valence-corrected chi connectivity index (χ1v) is 8.46. The molecular formula is C17H25ClN2O. The molecule has 21 heavy (non-hydrogen) atoms. The summed E-state index contributed by atoms with van der Waals surface area (Å²) in [4.78, 5) is 2.58. The van der Waals surface area contributed by atoms with Crippen molar-refractivity contribution >= 4 is 11.6 Å². The maximum absolute atomic E-state index is 6.26. The summed E-state index contributed by atoms with van der Waals surface area (Å²) in [6.45, 7) is 4.30. The molecule has 2 aliphatic rings. The van der Waals surface area contributed by atoms with E-state index in [1.54, 1.807) is 0 Å². The molecule has 0 bridgehead atoms. The summed E-state index contributed by atoms with van der Waals surface area (Å²) in [6, 6.07) is 8.00. The van der Waals surface area contributed by atoms with Crippen molar-refractivity contribution in [3.63, 3.8) is 0 Å². The van der Waals surface area contributed by atoms with Crippen LogP contribution in [0.3, 0.4) is 0 Å². The molecule has 116 valence electrons. The number of benzene rings is 1. The molecule has 1 aromatic carbocycles. The SMILES string of the molecule is NC1CCCC2CN(CCCOc3ccc(Cl)cc3)CC12. The van der Waals surface area contributed by atoms with Gasteiger partial charge in [0.25, 0.3) is 0 Å². The Morgan fingerprint density at radius 3 is 2.76 bits per heavy atom. The van der Waals surface area contributed by atoms with Crippen LogP contribution in [0.15, 0.2) is 24.3 Å². The number of nitrogens with zero attached hydrogens (tertiary/aromatic N) is 1. The van der Waals surface area contributed by atoms with E-state index in [0.29, 0.717) is 6.04 Å². The fourth-order valence-corrected chi connectivity index (χ4v) is 3.93. The second kappa shape index (κ2) is 6.99. The van der Waals surface area contributed by atoms with Gasteiger partial charge in [-0.3, -0.25) is 0 Å². The fourth-order valence-electron chi connectivity index (χ4n) is 3.80. The van der Waals surface area contributed by atoms with E-state index in [1.165, 1.54) is 32.4 Å². The number of likely N-dealkylation sites (tertiary alicyclic amines) is 1. The number of fused-ring (bicyclic) bond motifs is 1. The van der Waals surface area contributed by atoms with Gasteiger partial charge in [0.2, 0.25) is 0 Å². The number of rotatable bonds is 5. The van der Waals surface area contributed by atoms with Gasteiger partial charge in [-0.15, -0.1) is 0 Å². The Morgan fingerprint density at radius 2 is 2.00 bits per heavy atom. The van der Waals surface area contributed by atoms with Crippen LogP contribution in [0.25, 0.3) is 0 Å².